The summed E-state index contributed by atoms with van der Waals surface area (Å²) in [4.78, 5) is 15.2. The Bertz CT molecular complexity index is 911. The van der Waals surface area contributed by atoms with Gasteiger partial charge in [-0.15, -0.1) is 0 Å². The lowest BCUT2D eigenvalue weighted by Gasteiger charge is -2.11. The summed E-state index contributed by atoms with van der Waals surface area (Å²) in [5.74, 6) is 0.365. The molecule has 0 aliphatic rings. The Balaban J connectivity index is 1.96. The van der Waals surface area contributed by atoms with Crippen LogP contribution in [0.3, 0.4) is 0 Å². The average Bonchev–Trinajstić information content (AvgIpc) is 2.60. The van der Waals surface area contributed by atoms with Crippen LogP contribution in [0.4, 0.5) is 11.4 Å². The molecular formula is C17H15N3O4. The first-order chi connectivity index (χ1) is 11.6. The molecular weight excluding hydrogens is 310 g/mol. The number of hydrogen-bond donors (Lipinski definition) is 2. The van der Waals surface area contributed by atoms with Crippen LogP contribution in [0.2, 0.25) is 0 Å². The van der Waals surface area contributed by atoms with Crippen molar-refractivity contribution in [2.24, 2.45) is 0 Å². The molecule has 0 fully saturated rings. The van der Waals surface area contributed by atoms with Crippen LogP contribution in [0.25, 0.3) is 10.9 Å². The van der Waals surface area contributed by atoms with Crippen LogP contribution < -0.4 is 10.1 Å². The number of nitro groups is 1. The van der Waals surface area contributed by atoms with Gasteiger partial charge in [-0.2, -0.15) is 0 Å². The molecule has 24 heavy (non-hydrogen) atoms. The fourth-order valence-corrected chi connectivity index (χ4v) is 2.54. The van der Waals surface area contributed by atoms with Crippen molar-refractivity contribution in [1.29, 1.82) is 0 Å². The van der Waals surface area contributed by atoms with Crippen molar-refractivity contribution in [3.63, 3.8) is 0 Å². The van der Waals surface area contributed by atoms with Gasteiger partial charge in [-0.05, 0) is 30.3 Å². The molecule has 0 spiro atoms. The smallest absolute Gasteiger partial charge is 0.301 e. The summed E-state index contributed by atoms with van der Waals surface area (Å²) in [7, 11) is 1.47. The number of nitrogens with one attached hydrogen (secondary N) is 1. The largest absolute Gasteiger partial charge is 0.504 e. The molecule has 1 aromatic heterocycles. The van der Waals surface area contributed by atoms with Crippen molar-refractivity contribution >= 4 is 22.3 Å². The molecule has 7 heteroatoms. The van der Waals surface area contributed by atoms with Gasteiger partial charge in [0, 0.05) is 18.3 Å². The Kier molecular flexibility index (Phi) is 4.15. The minimum absolute atomic E-state index is 0.0117. The number of anilines is 1. The van der Waals surface area contributed by atoms with Crippen molar-refractivity contribution < 1.29 is 14.8 Å². The summed E-state index contributed by atoms with van der Waals surface area (Å²) in [6.07, 6.45) is 1.59. The number of methoxy groups -OCH3 is 1. The number of para-hydroxylation sites is 1. The van der Waals surface area contributed by atoms with Crippen LogP contribution >= 0.6 is 0 Å². The zero-order chi connectivity index (χ0) is 17.1. The molecule has 0 radical (unpaired) electrons. The molecule has 2 N–H and O–H groups in total. The van der Waals surface area contributed by atoms with Crippen LogP contribution in [0.1, 0.15) is 5.56 Å². The summed E-state index contributed by atoms with van der Waals surface area (Å²) in [6, 6.07) is 11.8. The van der Waals surface area contributed by atoms with Gasteiger partial charge in [0.15, 0.2) is 11.5 Å². The van der Waals surface area contributed by atoms with Gasteiger partial charge in [0.25, 0.3) is 0 Å². The number of phenolic OH excluding ortho intramolecular Hbond substituents is 1. The molecule has 7 nitrogen and oxygen atoms in total. The van der Waals surface area contributed by atoms with E-state index in [0.29, 0.717) is 27.9 Å². The monoisotopic (exact) mass is 325 g/mol. The van der Waals surface area contributed by atoms with Crippen LogP contribution in [-0.4, -0.2) is 22.1 Å². The van der Waals surface area contributed by atoms with Crippen molar-refractivity contribution in [3.05, 3.63) is 64.3 Å². The number of aromatic nitrogens is 1. The third-order valence-electron chi connectivity index (χ3n) is 3.71. The topological polar surface area (TPSA) is 97.5 Å². The highest BCUT2D eigenvalue weighted by Crippen LogP contribution is 2.34. The maximum atomic E-state index is 11.5. The molecule has 1 heterocycles. The molecule has 122 valence electrons. The van der Waals surface area contributed by atoms with Gasteiger partial charge in [0.05, 0.1) is 22.9 Å². The van der Waals surface area contributed by atoms with Crippen molar-refractivity contribution in [3.8, 4) is 11.5 Å². The number of aromatic hydroxyl groups is 1. The average molecular weight is 325 g/mol. The minimum Gasteiger partial charge on any atom is -0.504 e. The lowest BCUT2D eigenvalue weighted by Crippen LogP contribution is -2.04. The van der Waals surface area contributed by atoms with E-state index in [0.717, 1.165) is 0 Å². The number of hydrogen-bond acceptors (Lipinski definition) is 6. The van der Waals surface area contributed by atoms with Gasteiger partial charge in [-0.1, -0.05) is 12.1 Å². The molecule has 0 atom stereocenters. The molecule has 2 aromatic carbocycles. The minimum atomic E-state index is -0.433. The third kappa shape index (κ3) is 2.79. The van der Waals surface area contributed by atoms with Gasteiger partial charge < -0.3 is 15.2 Å². The molecule has 0 saturated carbocycles. The van der Waals surface area contributed by atoms with Crippen molar-refractivity contribution in [2.45, 2.75) is 6.54 Å². The van der Waals surface area contributed by atoms with Crippen molar-refractivity contribution in [1.82, 2.24) is 4.98 Å². The van der Waals surface area contributed by atoms with E-state index in [1.54, 1.807) is 48.7 Å². The van der Waals surface area contributed by atoms with E-state index < -0.39 is 4.92 Å². The van der Waals surface area contributed by atoms with Crippen LogP contribution in [0.5, 0.6) is 11.5 Å². The Morgan fingerprint density at radius 1 is 1.25 bits per heavy atom. The van der Waals surface area contributed by atoms with E-state index >= 15 is 0 Å². The predicted molar refractivity (Wildman–Crippen MR) is 90.4 cm³/mol. The number of nitrogens with zero attached hydrogens (tertiary/aromatic N) is 2. The molecule has 0 aliphatic heterocycles. The molecule has 0 aliphatic carbocycles. The van der Waals surface area contributed by atoms with E-state index in [1.807, 2.05) is 0 Å². The second-order valence-corrected chi connectivity index (χ2v) is 5.11. The number of pyridine rings is 1. The second-order valence-electron chi connectivity index (χ2n) is 5.11. The number of phenols is 1. The summed E-state index contributed by atoms with van der Waals surface area (Å²) in [5.41, 5.74) is 1.46. The summed E-state index contributed by atoms with van der Waals surface area (Å²) >= 11 is 0. The highest BCUT2D eigenvalue weighted by molar-refractivity contribution is 5.94. The maximum absolute atomic E-state index is 11.5. The maximum Gasteiger partial charge on any atom is 0.301 e. The fourth-order valence-electron chi connectivity index (χ4n) is 2.54. The Hall–Kier alpha value is -3.35. The van der Waals surface area contributed by atoms with E-state index in [-0.39, 0.29) is 18.0 Å². The summed E-state index contributed by atoms with van der Waals surface area (Å²) in [6.45, 7) is 0.218. The highest BCUT2D eigenvalue weighted by atomic mass is 16.6. The van der Waals surface area contributed by atoms with Crippen LogP contribution in [-0.2, 0) is 6.54 Å². The molecule has 0 saturated heterocycles. The molecule has 3 aromatic rings. The Morgan fingerprint density at radius 3 is 2.83 bits per heavy atom. The lowest BCUT2D eigenvalue weighted by atomic mass is 10.1. The zero-order valence-electron chi connectivity index (χ0n) is 12.9. The first kappa shape index (κ1) is 15.5. The van der Waals surface area contributed by atoms with E-state index in [2.05, 4.69) is 10.3 Å². The fraction of sp³-hybridized carbons (Fsp3) is 0.118. The highest BCUT2D eigenvalue weighted by Gasteiger charge is 2.19. The Labute approximate surface area is 137 Å². The zero-order valence-corrected chi connectivity index (χ0v) is 12.9. The van der Waals surface area contributed by atoms with Crippen LogP contribution in [0, 0.1) is 10.1 Å². The Morgan fingerprint density at radius 2 is 2.08 bits per heavy atom. The van der Waals surface area contributed by atoms with Gasteiger partial charge in [0.2, 0.25) is 0 Å². The normalized spacial score (nSPS) is 10.5. The summed E-state index contributed by atoms with van der Waals surface area (Å²) < 4.78 is 5.06. The number of benzene rings is 2. The quantitative estimate of drug-likeness (QED) is 0.550. The third-order valence-corrected chi connectivity index (χ3v) is 3.71. The first-order valence-corrected chi connectivity index (χ1v) is 7.22. The SMILES string of the molecule is COc1cccc(CNc2ccc3ncccc3c2[N+](=O)[O-])c1O. The van der Waals surface area contributed by atoms with E-state index in [4.69, 9.17) is 4.74 Å². The number of fused-ring (bicyclic) bond motifs is 1. The molecule has 0 unspecified atom stereocenters. The number of nitro benzene ring substituents is 1. The van der Waals surface area contributed by atoms with Gasteiger partial charge in [-0.25, -0.2) is 0 Å². The molecule has 0 amide bonds. The van der Waals surface area contributed by atoms with Gasteiger partial charge in [0.1, 0.15) is 5.69 Å². The van der Waals surface area contributed by atoms with Gasteiger partial charge >= 0.3 is 5.69 Å². The van der Waals surface area contributed by atoms with Crippen molar-refractivity contribution in [2.75, 3.05) is 12.4 Å². The first-order valence-electron chi connectivity index (χ1n) is 7.22. The number of ether oxygens (including phenoxy) is 1. The van der Waals surface area contributed by atoms with Crippen LogP contribution in [0.15, 0.2) is 48.7 Å². The van der Waals surface area contributed by atoms with E-state index in [9.17, 15) is 15.2 Å². The molecule has 0 bridgehead atoms. The van der Waals surface area contributed by atoms with Gasteiger partial charge in [-0.3, -0.25) is 15.1 Å². The second kappa shape index (κ2) is 6.41. The standard InChI is InChI=1S/C17H15N3O4/c1-24-15-6-2-4-11(17(15)21)10-19-14-8-7-13-12(5-3-9-18-13)16(14)20(22)23/h2-9,19,21H,10H2,1H3. The number of rotatable bonds is 5. The summed E-state index contributed by atoms with van der Waals surface area (Å²) in [5, 5.41) is 25.1. The molecule has 3 rings (SSSR count). The predicted octanol–water partition coefficient (Wildman–Crippen LogP) is 3.47. The lowest BCUT2D eigenvalue weighted by molar-refractivity contribution is -0.382. The van der Waals surface area contributed by atoms with E-state index in [1.165, 1.54) is 7.11 Å².